The summed E-state index contributed by atoms with van der Waals surface area (Å²) in [5.74, 6) is 1.60. The van der Waals surface area contributed by atoms with Crippen LogP contribution in [0.2, 0.25) is 0 Å². The van der Waals surface area contributed by atoms with Crippen molar-refractivity contribution in [3.05, 3.63) is 52.0 Å². The molecule has 2 aromatic rings. The van der Waals surface area contributed by atoms with Crippen LogP contribution in [0.5, 0.6) is 17.2 Å². The summed E-state index contributed by atoms with van der Waals surface area (Å²) >= 11 is 3.45. The number of halogens is 1. The fraction of sp³-hybridized carbons (Fsp3) is 0.333. The second-order valence-electron chi connectivity index (χ2n) is 5.76. The number of ether oxygens (including phenoxy) is 3. The first-order valence-corrected chi connectivity index (χ1v) is 10.0. The molecular weight excluding hydrogens is 424 g/mol. The Hall–Kier alpha value is -2.54. The van der Waals surface area contributed by atoms with Gasteiger partial charge < -0.3 is 14.2 Å². The van der Waals surface area contributed by atoms with E-state index in [0.717, 1.165) is 22.2 Å². The molecule has 0 spiro atoms. The van der Waals surface area contributed by atoms with Crippen molar-refractivity contribution < 1.29 is 19.0 Å². The summed E-state index contributed by atoms with van der Waals surface area (Å²) in [4.78, 5) is 12.4. The van der Waals surface area contributed by atoms with Crippen molar-refractivity contribution in [2.24, 2.45) is 5.10 Å². The lowest BCUT2D eigenvalue weighted by molar-refractivity contribution is 0.0954. The van der Waals surface area contributed by atoms with Gasteiger partial charge in [-0.15, -0.1) is 0 Å². The Morgan fingerprint density at radius 2 is 1.71 bits per heavy atom. The van der Waals surface area contributed by atoms with Crippen molar-refractivity contribution in [1.82, 2.24) is 5.43 Å². The Morgan fingerprint density at radius 3 is 2.39 bits per heavy atom. The van der Waals surface area contributed by atoms with Gasteiger partial charge in [0, 0.05) is 5.56 Å². The number of carbonyl (C=O) groups excluding carboxylic acids is 1. The van der Waals surface area contributed by atoms with Gasteiger partial charge in [0.1, 0.15) is 5.75 Å². The smallest absolute Gasteiger partial charge is 0.271 e. The molecule has 0 aliphatic carbocycles. The molecule has 0 unspecified atom stereocenters. The van der Waals surface area contributed by atoms with E-state index in [0.29, 0.717) is 36.9 Å². The fourth-order valence-electron chi connectivity index (χ4n) is 2.35. The zero-order chi connectivity index (χ0) is 20.4. The summed E-state index contributed by atoms with van der Waals surface area (Å²) in [6.07, 6.45) is 2.46. The molecule has 0 saturated heterocycles. The molecule has 1 N–H and O–H groups in total. The second-order valence-corrected chi connectivity index (χ2v) is 6.62. The van der Waals surface area contributed by atoms with Crippen molar-refractivity contribution in [2.75, 3.05) is 19.8 Å². The summed E-state index contributed by atoms with van der Waals surface area (Å²) in [6.45, 7) is 7.51. The Labute approximate surface area is 174 Å². The van der Waals surface area contributed by atoms with E-state index < -0.39 is 0 Å². The van der Waals surface area contributed by atoms with Crippen molar-refractivity contribution in [1.29, 1.82) is 0 Å². The molecule has 0 aromatic heterocycles. The van der Waals surface area contributed by atoms with Crippen LogP contribution >= 0.6 is 15.9 Å². The zero-order valence-electron chi connectivity index (χ0n) is 16.3. The quantitative estimate of drug-likeness (QED) is 0.418. The lowest BCUT2D eigenvalue weighted by atomic mass is 10.2. The number of benzene rings is 2. The molecule has 2 rings (SSSR count). The molecule has 0 radical (unpaired) electrons. The van der Waals surface area contributed by atoms with Crippen LogP contribution in [0.3, 0.4) is 0 Å². The van der Waals surface area contributed by atoms with Crippen molar-refractivity contribution in [2.45, 2.75) is 27.2 Å². The average molecular weight is 449 g/mol. The maximum absolute atomic E-state index is 12.4. The van der Waals surface area contributed by atoms with Gasteiger partial charge in [-0.25, -0.2) is 5.43 Å². The minimum Gasteiger partial charge on any atom is -0.493 e. The van der Waals surface area contributed by atoms with E-state index >= 15 is 0 Å². The molecule has 0 heterocycles. The molecule has 1 amide bonds. The highest BCUT2D eigenvalue weighted by Crippen LogP contribution is 2.29. The first-order chi connectivity index (χ1) is 13.6. The molecule has 2 aromatic carbocycles. The number of carbonyl (C=O) groups is 1. The van der Waals surface area contributed by atoms with Crippen LogP contribution in [0, 0.1) is 0 Å². The van der Waals surface area contributed by atoms with Crippen molar-refractivity contribution in [3.63, 3.8) is 0 Å². The summed E-state index contributed by atoms with van der Waals surface area (Å²) in [5, 5.41) is 4.02. The highest BCUT2D eigenvalue weighted by Gasteiger charge is 2.11. The van der Waals surface area contributed by atoms with E-state index in [-0.39, 0.29) is 5.91 Å². The number of hydrogen-bond acceptors (Lipinski definition) is 5. The maximum Gasteiger partial charge on any atom is 0.271 e. The summed E-state index contributed by atoms with van der Waals surface area (Å²) in [7, 11) is 0. The predicted molar refractivity (Wildman–Crippen MR) is 114 cm³/mol. The molecule has 0 aliphatic heterocycles. The minimum atomic E-state index is -0.329. The van der Waals surface area contributed by atoms with Crippen LogP contribution in [0.25, 0.3) is 0 Å². The van der Waals surface area contributed by atoms with Gasteiger partial charge in [0.25, 0.3) is 5.91 Å². The number of hydrazone groups is 1. The van der Waals surface area contributed by atoms with E-state index in [1.54, 1.807) is 24.4 Å². The molecule has 28 heavy (non-hydrogen) atoms. The SMILES string of the molecule is CCCOc1ccc(C(=O)N/N=C/c2ccc(OCC)c(Br)c2)cc1OCC. The van der Waals surface area contributed by atoms with Crippen molar-refractivity contribution >= 4 is 28.1 Å². The highest BCUT2D eigenvalue weighted by molar-refractivity contribution is 9.10. The first kappa shape index (κ1) is 21.8. The fourth-order valence-corrected chi connectivity index (χ4v) is 2.86. The van der Waals surface area contributed by atoms with Crippen LogP contribution in [-0.4, -0.2) is 31.9 Å². The standard InChI is InChI=1S/C21H25BrN2O4/c1-4-11-28-19-10-8-16(13-20(19)27-6-3)21(25)24-23-14-15-7-9-18(26-5-2)17(22)12-15/h7-10,12-14H,4-6,11H2,1-3H3,(H,24,25)/b23-14+. The number of nitrogens with one attached hydrogen (secondary N) is 1. The van der Waals surface area contributed by atoms with Gasteiger partial charge in [-0.05, 0) is 78.2 Å². The molecule has 0 atom stereocenters. The Bertz CT molecular complexity index is 824. The van der Waals surface area contributed by atoms with Gasteiger partial charge in [0.15, 0.2) is 11.5 Å². The predicted octanol–water partition coefficient (Wildman–Crippen LogP) is 4.80. The van der Waals surface area contributed by atoms with Crippen LogP contribution in [-0.2, 0) is 0 Å². The second kappa shape index (κ2) is 11.3. The van der Waals surface area contributed by atoms with Crippen LogP contribution in [0.4, 0.5) is 0 Å². The summed E-state index contributed by atoms with van der Waals surface area (Å²) < 4.78 is 17.5. The van der Waals surface area contributed by atoms with Crippen LogP contribution < -0.4 is 19.6 Å². The molecule has 0 bridgehead atoms. The van der Waals surface area contributed by atoms with Crippen LogP contribution in [0.15, 0.2) is 46.0 Å². The largest absolute Gasteiger partial charge is 0.493 e. The van der Waals surface area contributed by atoms with Gasteiger partial charge in [-0.3, -0.25) is 4.79 Å². The normalized spacial score (nSPS) is 10.7. The van der Waals surface area contributed by atoms with E-state index in [9.17, 15) is 4.79 Å². The van der Waals surface area contributed by atoms with Gasteiger partial charge in [-0.1, -0.05) is 6.92 Å². The first-order valence-electron chi connectivity index (χ1n) is 9.24. The van der Waals surface area contributed by atoms with Gasteiger partial charge in [0.2, 0.25) is 0 Å². The third-order valence-electron chi connectivity index (χ3n) is 3.60. The topological polar surface area (TPSA) is 69.2 Å². The van der Waals surface area contributed by atoms with E-state index in [1.807, 2.05) is 39.0 Å². The Kier molecular flexibility index (Phi) is 8.81. The number of rotatable bonds is 10. The molecule has 6 nitrogen and oxygen atoms in total. The van der Waals surface area contributed by atoms with E-state index in [4.69, 9.17) is 14.2 Å². The zero-order valence-corrected chi connectivity index (χ0v) is 17.9. The molecule has 7 heteroatoms. The lowest BCUT2D eigenvalue weighted by Crippen LogP contribution is -2.17. The van der Waals surface area contributed by atoms with Gasteiger partial charge >= 0.3 is 0 Å². The van der Waals surface area contributed by atoms with Crippen molar-refractivity contribution in [3.8, 4) is 17.2 Å². The van der Waals surface area contributed by atoms with E-state index in [1.165, 1.54) is 0 Å². The van der Waals surface area contributed by atoms with E-state index in [2.05, 4.69) is 26.5 Å². The van der Waals surface area contributed by atoms with Gasteiger partial charge in [-0.2, -0.15) is 5.10 Å². The number of amides is 1. The highest BCUT2D eigenvalue weighted by atomic mass is 79.9. The minimum absolute atomic E-state index is 0.329. The maximum atomic E-state index is 12.4. The third kappa shape index (κ3) is 6.27. The molecule has 150 valence electrons. The average Bonchev–Trinajstić information content (AvgIpc) is 2.69. The number of hydrogen-bond donors (Lipinski definition) is 1. The number of nitrogens with zero attached hydrogens (tertiary/aromatic N) is 1. The summed E-state index contributed by atoms with van der Waals surface area (Å²) in [5.41, 5.74) is 3.80. The lowest BCUT2D eigenvalue weighted by Gasteiger charge is -2.12. The Balaban J connectivity index is 2.04. The molecular formula is C21H25BrN2O4. The Morgan fingerprint density at radius 1 is 1.00 bits per heavy atom. The monoisotopic (exact) mass is 448 g/mol. The third-order valence-corrected chi connectivity index (χ3v) is 4.22. The molecule has 0 saturated carbocycles. The summed E-state index contributed by atoms with van der Waals surface area (Å²) in [6, 6.07) is 10.7. The molecule has 0 aliphatic rings. The van der Waals surface area contributed by atoms with Gasteiger partial charge in [0.05, 0.1) is 30.5 Å². The molecule has 0 fully saturated rings. The van der Waals surface area contributed by atoms with Crippen LogP contribution in [0.1, 0.15) is 43.1 Å².